The van der Waals surface area contributed by atoms with Crippen LogP contribution in [0.15, 0.2) is 0 Å². The molecule has 0 aromatic heterocycles. The molecule has 1 heterocycles. The second kappa shape index (κ2) is 4.77. The molecule has 15 heavy (non-hydrogen) atoms. The molecule has 0 radical (unpaired) electrons. The third kappa shape index (κ3) is 4.45. The second-order valence-corrected chi connectivity index (χ2v) is 7.82. The highest BCUT2D eigenvalue weighted by Gasteiger charge is 2.28. The Morgan fingerprint density at radius 3 is 2.53 bits per heavy atom. The Morgan fingerprint density at radius 2 is 2.07 bits per heavy atom. The lowest BCUT2D eigenvalue weighted by molar-refractivity contribution is 0.319. The van der Waals surface area contributed by atoms with Crippen LogP contribution in [0.25, 0.3) is 0 Å². The molecule has 0 aliphatic carbocycles. The van der Waals surface area contributed by atoms with Crippen LogP contribution in [0.1, 0.15) is 6.42 Å². The van der Waals surface area contributed by atoms with Crippen molar-refractivity contribution in [2.24, 2.45) is 5.92 Å². The molecule has 6 nitrogen and oxygen atoms in total. The Kier molecular flexibility index (Phi) is 4.10. The van der Waals surface area contributed by atoms with Gasteiger partial charge in [-0.3, -0.25) is 0 Å². The second-order valence-electron chi connectivity index (χ2n) is 3.66. The number of aliphatic hydroxyl groups is 1. The number of rotatable bonds is 5. The zero-order valence-electron chi connectivity index (χ0n) is 8.22. The van der Waals surface area contributed by atoms with Crippen molar-refractivity contribution < 1.29 is 21.9 Å². The molecule has 0 spiro atoms. The fraction of sp³-hybridized carbons (Fsp3) is 1.00. The van der Waals surface area contributed by atoms with Crippen LogP contribution in [0.2, 0.25) is 0 Å². The molecule has 1 aliphatic rings. The smallest absolute Gasteiger partial charge is 0.213 e. The van der Waals surface area contributed by atoms with E-state index in [0.29, 0.717) is 6.42 Å². The van der Waals surface area contributed by atoms with E-state index in [1.807, 2.05) is 0 Å². The van der Waals surface area contributed by atoms with Crippen molar-refractivity contribution in [2.45, 2.75) is 6.42 Å². The lowest BCUT2D eigenvalue weighted by Gasteiger charge is -2.09. The third-order valence-electron chi connectivity index (χ3n) is 2.28. The molecule has 0 saturated carbocycles. The molecule has 0 aromatic rings. The average Bonchev–Trinajstić information content (AvgIpc) is 2.42. The molecule has 1 rings (SSSR count). The first-order valence-electron chi connectivity index (χ1n) is 4.63. The topological polar surface area (TPSA) is 101 Å². The van der Waals surface area contributed by atoms with Crippen LogP contribution >= 0.6 is 0 Å². The van der Waals surface area contributed by atoms with Crippen LogP contribution < -0.4 is 4.72 Å². The minimum atomic E-state index is -3.45. The van der Waals surface area contributed by atoms with Crippen molar-refractivity contribution in [1.29, 1.82) is 0 Å². The Morgan fingerprint density at radius 1 is 1.40 bits per heavy atom. The van der Waals surface area contributed by atoms with E-state index in [-0.39, 0.29) is 29.7 Å². The van der Waals surface area contributed by atoms with Crippen molar-refractivity contribution in [2.75, 3.05) is 30.4 Å². The lowest BCUT2D eigenvalue weighted by Crippen LogP contribution is -2.32. The monoisotopic (exact) mass is 257 g/mol. The molecule has 0 aromatic carbocycles. The van der Waals surface area contributed by atoms with Gasteiger partial charge in [-0.15, -0.1) is 0 Å². The number of sulfone groups is 1. The number of hydrogen-bond acceptors (Lipinski definition) is 5. The Balaban J connectivity index is 2.40. The van der Waals surface area contributed by atoms with Crippen molar-refractivity contribution in [3.63, 3.8) is 0 Å². The molecule has 1 unspecified atom stereocenters. The van der Waals surface area contributed by atoms with Gasteiger partial charge in [0.15, 0.2) is 9.84 Å². The van der Waals surface area contributed by atoms with E-state index in [2.05, 4.69) is 4.72 Å². The molecule has 8 heteroatoms. The summed E-state index contributed by atoms with van der Waals surface area (Å²) in [7, 11) is -6.41. The maximum Gasteiger partial charge on any atom is 0.213 e. The summed E-state index contributed by atoms with van der Waals surface area (Å²) < 4.78 is 46.7. The maximum atomic E-state index is 11.1. The summed E-state index contributed by atoms with van der Waals surface area (Å²) in [5.41, 5.74) is 0. The zero-order chi connectivity index (χ0) is 11.5. The summed E-state index contributed by atoms with van der Waals surface area (Å²) in [4.78, 5) is 0. The highest BCUT2D eigenvalue weighted by Crippen LogP contribution is 2.17. The van der Waals surface area contributed by atoms with Gasteiger partial charge in [0, 0.05) is 6.54 Å². The van der Waals surface area contributed by atoms with E-state index in [1.54, 1.807) is 0 Å². The molecule has 1 atom stereocenters. The quantitative estimate of drug-likeness (QED) is 0.613. The molecule has 0 amide bonds. The van der Waals surface area contributed by atoms with Gasteiger partial charge in [-0.1, -0.05) is 0 Å². The van der Waals surface area contributed by atoms with Crippen LogP contribution in [0.5, 0.6) is 0 Å². The van der Waals surface area contributed by atoms with E-state index >= 15 is 0 Å². The standard InChI is InChI=1S/C7H15NO5S2/c9-2-4-15(12,13)8-5-7-1-3-14(10,11)6-7/h7-9H,1-6H2. The van der Waals surface area contributed by atoms with Gasteiger partial charge in [-0.05, 0) is 12.3 Å². The predicted octanol–water partition coefficient (Wildman–Crippen LogP) is -1.67. The highest BCUT2D eigenvalue weighted by molar-refractivity contribution is 7.91. The first-order valence-corrected chi connectivity index (χ1v) is 8.10. The van der Waals surface area contributed by atoms with Crippen LogP contribution in [0, 0.1) is 5.92 Å². The van der Waals surface area contributed by atoms with E-state index in [9.17, 15) is 16.8 Å². The predicted molar refractivity (Wildman–Crippen MR) is 55.6 cm³/mol. The molecular formula is C7H15NO5S2. The van der Waals surface area contributed by atoms with Crippen molar-refractivity contribution in [1.82, 2.24) is 4.72 Å². The summed E-state index contributed by atoms with van der Waals surface area (Å²) in [5.74, 6) is -0.288. The fourth-order valence-corrected chi connectivity index (χ4v) is 4.21. The zero-order valence-corrected chi connectivity index (χ0v) is 9.85. The minimum Gasteiger partial charge on any atom is -0.395 e. The van der Waals surface area contributed by atoms with E-state index in [1.165, 1.54) is 0 Å². The fourth-order valence-electron chi connectivity index (χ4n) is 1.47. The lowest BCUT2D eigenvalue weighted by atomic mass is 10.1. The van der Waals surface area contributed by atoms with Gasteiger partial charge in [0.25, 0.3) is 0 Å². The van der Waals surface area contributed by atoms with Crippen molar-refractivity contribution in [3.8, 4) is 0 Å². The summed E-state index contributed by atoms with van der Waals surface area (Å²) >= 11 is 0. The average molecular weight is 257 g/mol. The van der Waals surface area contributed by atoms with E-state index in [0.717, 1.165) is 0 Å². The summed E-state index contributed by atoms with van der Waals surface area (Å²) in [6, 6.07) is 0. The first kappa shape index (κ1) is 12.9. The molecular weight excluding hydrogens is 242 g/mol. The SMILES string of the molecule is O=S1(=O)CCC(CNS(=O)(=O)CCO)C1. The van der Waals surface area contributed by atoms with Crippen LogP contribution in [0.3, 0.4) is 0 Å². The van der Waals surface area contributed by atoms with E-state index in [4.69, 9.17) is 5.11 Å². The highest BCUT2D eigenvalue weighted by atomic mass is 32.2. The number of hydrogen-bond donors (Lipinski definition) is 2. The summed E-state index contributed by atoms with van der Waals surface area (Å²) in [6.07, 6.45) is 0.504. The third-order valence-corrected chi connectivity index (χ3v) is 5.44. The van der Waals surface area contributed by atoms with Gasteiger partial charge in [0.05, 0.1) is 23.9 Å². The molecule has 1 fully saturated rings. The van der Waals surface area contributed by atoms with Gasteiger partial charge >= 0.3 is 0 Å². The molecule has 0 bridgehead atoms. The number of aliphatic hydroxyl groups excluding tert-OH is 1. The molecule has 90 valence electrons. The summed E-state index contributed by atoms with van der Waals surface area (Å²) in [5, 5.41) is 8.46. The Labute approximate surface area is 89.7 Å². The van der Waals surface area contributed by atoms with Gasteiger partial charge in [0.1, 0.15) is 0 Å². The van der Waals surface area contributed by atoms with Gasteiger partial charge in [-0.25, -0.2) is 21.6 Å². The number of sulfonamides is 1. The van der Waals surface area contributed by atoms with Gasteiger partial charge in [0.2, 0.25) is 10.0 Å². The first-order chi connectivity index (χ1) is 6.85. The summed E-state index contributed by atoms with van der Waals surface area (Å²) in [6.45, 7) is -0.292. The normalized spacial score (nSPS) is 25.5. The molecule has 2 N–H and O–H groups in total. The largest absolute Gasteiger partial charge is 0.395 e. The number of nitrogens with one attached hydrogen (secondary N) is 1. The van der Waals surface area contributed by atoms with Crippen LogP contribution in [0.4, 0.5) is 0 Å². The van der Waals surface area contributed by atoms with Crippen LogP contribution in [-0.2, 0) is 19.9 Å². The van der Waals surface area contributed by atoms with Crippen molar-refractivity contribution in [3.05, 3.63) is 0 Å². The van der Waals surface area contributed by atoms with Gasteiger partial charge in [-0.2, -0.15) is 0 Å². The molecule has 1 aliphatic heterocycles. The minimum absolute atomic E-state index is 0.0502. The Hall–Kier alpha value is -0.180. The van der Waals surface area contributed by atoms with Crippen molar-refractivity contribution >= 4 is 19.9 Å². The Bertz CT molecular complexity index is 399. The maximum absolute atomic E-state index is 11.1. The molecule has 1 saturated heterocycles. The van der Waals surface area contributed by atoms with Gasteiger partial charge < -0.3 is 5.11 Å². The van der Waals surface area contributed by atoms with Crippen LogP contribution in [-0.4, -0.2) is 52.4 Å². The van der Waals surface area contributed by atoms with E-state index < -0.39 is 26.5 Å².